The lowest BCUT2D eigenvalue weighted by atomic mass is 10.1. The van der Waals surface area contributed by atoms with Crippen molar-refractivity contribution >= 4 is 17.7 Å². The Morgan fingerprint density at radius 3 is 2.82 bits per heavy atom. The summed E-state index contributed by atoms with van der Waals surface area (Å²) in [5.41, 5.74) is 0.406. The van der Waals surface area contributed by atoms with Crippen LogP contribution in [0.15, 0.2) is 35.4 Å². The Hall–Kier alpha value is -2.29. The molecule has 0 amide bonds. The van der Waals surface area contributed by atoms with Gasteiger partial charge in [0.2, 0.25) is 5.88 Å². The van der Waals surface area contributed by atoms with E-state index >= 15 is 0 Å². The third-order valence-corrected chi connectivity index (χ3v) is 3.48. The monoisotopic (exact) mass is 330 g/mol. The van der Waals surface area contributed by atoms with Gasteiger partial charge >= 0.3 is 5.97 Å². The van der Waals surface area contributed by atoms with E-state index in [4.69, 9.17) is 9.94 Å². The predicted octanol–water partition coefficient (Wildman–Crippen LogP) is 2.80. The maximum Gasteiger partial charge on any atom is 0.338 e. The van der Waals surface area contributed by atoms with E-state index in [1.54, 1.807) is 0 Å². The minimum Gasteiger partial charge on any atom is -0.472 e. The molecule has 2 aromatic rings. The minimum absolute atomic E-state index is 0.0927. The Morgan fingerprint density at radius 2 is 2.23 bits per heavy atom. The molecule has 0 bridgehead atoms. The molecule has 0 aliphatic heterocycles. The smallest absolute Gasteiger partial charge is 0.338 e. The van der Waals surface area contributed by atoms with Gasteiger partial charge in [0.1, 0.15) is 6.61 Å². The molecule has 1 N–H and O–H groups in total. The van der Waals surface area contributed by atoms with Gasteiger partial charge < -0.3 is 14.7 Å². The van der Waals surface area contributed by atoms with Crippen molar-refractivity contribution in [1.29, 1.82) is 0 Å². The van der Waals surface area contributed by atoms with E-state index in [-0.39, 0.29) is 28.5 Å². The van der Waals surface area contributed by atoms with Crippen LogP contribution >= 0.6 is 11.8 Å². The van der Waals surface area contributed by atoms with E-state index in [0.29, 0.717) is 16.6 Å². The second kappa shape index (κ2) is 7.12. The van der Waals surface area contributed by atoms with Gasteiger partial charge in [-0.3, -0.25) is 0 Å². The number of rotatable bonds is 6. The van der Waals surface area contributed by atoms with Gasteiger partial charge in [-0.25, -0.2) is 4.79 Å². The fraction of sp³-hybridized carbons (Fsp3) is 0.231. The summed E-state index contributed by atoms with van der Waals surface area (Å²) >= 11 is 0.311. The van der Waals surface area contributed by atoms with E-state index < -0.39 is 11.7 Å². The molecule has 0 saturated carbocycles. The SMILES string of the molecule is COC(=O)c1cccc(SC(F)F)c1COc1ccn(O)n1. The van der Waals surface area contributed by atoms with Crippen molar-refractivity contribution < 1.29 is 28.3 Å². The summed E-state index contributed by atoms with van der Waals surface area (Å²) in [6.45, 7) is -0.169. The molecule has 22 heavy (non-hydrogen) atoms. The van der Waals surface area contributed by atoms with Crippen molar-refractivity contribution in [2.75, 3.05) is 7.11 Å². The molecule has 0 fully saturated rings. The highest BCUT2D eigenvalue weighted by Crippen LogP contribution is 2.31. The lowest BCUT2D eigenvalue weighted by molar-refractivity contribution is 0.0596. The van der Waals surface area contributed by atoms with Gasteiger partial charge in [0.05, 0.1) is 18.9 Å². The van der Waals surface area contributed by atoms with Crippen LogP contribution in [-0.2, 0) is 11.3 Å². The number of ether oxygens (including phenoxy) is 2. The van der Waals surface area contributed by atoms with Crippen molar-refractivity contribution in [2.45, 2.75) is 17.3 Å². The van der Waals surface area contributed by atoms with Gasteiger partial charge in [0.25, 0.3) is 5.76 Å². The first-order valence-electron chi connectivity index (χ1n) is 6.04. The minimum atomic E-state index is -2.64. The van der Waals surface area contributed by atoms with Crippen LogP contribution in [0.4, 0.5) is 8.78 Å². The van der Waals surface area contributed by atoms with Crippen LogP contribution < -0.4 is 4.74 Å². The summed E-state index contributed by atoms with van der Waals surface area (Å²) in [6, 6.07) is 5.81. The molecular formula is C13H12F2N2O4S. The Morgan fingerprint density at radius 1 is 1.45 bits per heavy atom. The van der Waals surface area contributed by atoms with Gasteiger partial charge in [-0.2, -0.15) is 8.78 Å². The predicted molar refractivity (Wildman–Crippen MR) is 73.4 cm³/mol. The number of hydrogen-bond acceptors (Lipinski definition) is 6. The van der Waals surface area contributed by atoms with Crippen molar-refractivity contribution in [2.24, 2.45) is 0 Å². The van der Waals surface area contributed by atoms with Crippen molar-refractivity contribution in [3.63, 3.8) is 0 Å². The van der Waals surface area contributed by atoms with Crippen LogP contribution in [0.25, 0.3) is 0 Å². The number of aromatic nitrogens is 2. The highest BCUT2D eigenvalue weighted by Gasteiger charge is 2.19. The first-order valence-corrected chi connectivity index (χ1v) is 6.92. The van der Waals surface area contributed by atoms with Gasteiger partial charge in [0.15, 0.2) is 0 Å². The lowest BCUT2D eigenvalue weighted by Crippen LogP contribution is -2.10. The van der Waals surface area contributed by atoms with Crippen LogP contribution in [-0.4, -0.2) is 34.0 Å². The molecule has 0 aliphatic rings. The molecule has 0 radical (unpaired) electrons. The van der Waals surface area contributed by atoms with E-state index in [2.05, 4.69) is 9.84 Å². The molecule has 6 nitrogen and oxygen atoms in total. The largest absolute Gasteiger partial charge is 0.472 e. The summed E-state index contributed by atoms with van der Waals surface area (Å²) in [6.07, 6.45) is 1.25. The number of thioether (sulfide) groups is 1. The van der Waals surface area contributed by atoms with Gasteiger partial charge in [-0.15, -0.1) is 4.85 Å². The van der Waals surface area contributed by atoms with Gasteiger partial charge in [0, 0.05) is 16.5 Å². The fourth-order valence-corrected chi connectivity index (χ4v) is 2.40. The van der Waals surface area contributed by atoms with Crippen LogP contribution in [0.5, 0.6) is 5.88 Å². The average Bonchev–Trinajstić information content (AvgIpc) is 2.90. The number of hydrogen-bond donors (Lipinski definition) is 1. The quantitative estimate of drug-likeness (QED) is 0.499. The summed E-state index contributed by atoms with van der Waals surface area (Å²) in [7, 11) is 1.20. The molecule has 0 aliphatic carbocycles. The van der Waals surface area contributed by atoms with Crippen LogP contribution in [0.3, 0.4) is 0 Å². The molecule has 0 spiro atoms. The Bertz CT molecular complexity index is 663. The number of carbonyl (C=O) groups is 1. The molecule has 0 unspecified atom stereocenters. The zero-order valence-electron chi connectivity index (χ0n) is 11.4. The van der Waals surface area contributed by atoms with Crippen molar-refractivity contribution in [3.05, 3.63) is 41.6 Å². The Labute approximate surface area is 128 Å². The Kier molecular flexibility index (Phi) is 5.21. The normalized spacial score (nSPS) is 10.7. The van der Waals surface area contributed by atoms with E-state index in [0.717, 1.165) is 0 Å². The summed E-state index contributed by atoms with van der Waals surface area (Å²) in [4.78, 5) is 12.5. The molecule has 1 heterocycles. The molecule has 2 rings (SSSR count). The number of esters is 1. The highest BCUT2D eigenvalue weighted by molar-refractivity contribution is 7.99. The standard InChI is InChI=1S/C13H12F2N2O4S/c1-20-12(18)8-3-2-4-10(22-13(14)15)9(8)7-21-11-5-6-17(19)16-11/h2-6,13,19H,7H2,1H3. The second-order valence-corrected chi connectivity index (χ2v) is 5.05. The van der Waals surface area contributed by atoms with E-state index in [1.165, 1.54) is 37.6 Å². The van der Waals surface area contributed by atoms with Crippen LogP contribution in [0.1, 0.15) is 15.9 Å². The lowest BCUT2D eigenvalue weighted by Gasteiger charge is -2.13. The molecule has 1 aromatic carbocycles. The topological polar surface area (TPSA) is 73.6 Å². The third-order valence-electron chi connectivity index (χ3n) is 2.67. The maximum atomic E-state index is 12.6. The van der Waals surface area contributed by atoms with Gasteiger partial charge in [-0.05, 0) is 12.1 Å². The van der Waals surface area contributed by atoms with Crippen LogP contribution in [0.2, 0.25) is 0 Å². The molecule has 1 aromatic heterocycles. The van der Waals surface area contributed by atoms with Gasteiger partial charge in [-0.1, -0.05) is 22.9 Å². The second-order valence-electron chi connectivity index (χ2n) is 4.02. The number of carbonyl (C=O) groups excluding carboxylic acids is 1. The third kappa shape index (κ3) is 3.88. The van der Waals surface area contributed by atoms with Crippen molar-refractivity contribution in [1.82, 2.24) is 9.94 Å². The number of alkyl halides is 2. The number of nitrogens with zero attached hydrogens (tertiary/aromatic N) is 2. The zero-order chi connectivity index (χ0) is 16.1. The van der Waals surface area contributed by atoms with E-state index in [1.807, 2.05) is 0 Å². The maximum absolute atomic E-state index is 12.6. The Balaban J connectivity index is 2.29. The molecule has 0 saturated heterocycles. The molecule has 0 atom stereocenters. The van der Waals surface area contributed by atoms with Crippen LogP contribution in [0, 0.1) is 0 Å². The molecule has 118 valence electrons. The fourth-order valence-electron chi connectivity index (χ4n) is 1.74. The molecule has 9 heteroatoms. The first kappa shape index (κ1) is 16.1. The zero-order valence-corrected chi connectivity index (χ0v) is 12.2. The van der Waals surface area contributed by atoms with E-state index in [9.17, 15) is 13.6 Å². The summed E-state index contributed by atoms with van der Waals surface area (Å²) in [5, 5.41) is 12.6. The highest BCUT2D eigenvalue weighted by atomic mass is 32.2. The average molecular weight is 330 g/mol. The summed E-state index contributed by atoms with van der Waals surface area (Å²) < 4.78 is 35.2. The molecular weight excluding hydrogens is 318 g/mol. The number of methoxy groups -OCH3 is 1. The van der Waals surface area contributed by atoms with Crippen molar-refractivity contribution in [3.8, 4) is 5.88 Å². The number of halogens is 2. The summed E-state index contributed by atoms with van der Waals surface area (Å²) in [5.74, 6) is -3.19. The number of benzene rings is 1. The first-order chi connectivity index (χ1) is 10.5.